The summed E-state index contributed by atoms with van der Waals surface area (Å²) >= 11 is 3.54. The van der Waals surface area contributed by atoms with Crippen molar-refractivity contribution in [3.63, 3.8) is 0 Å². The molecular weight excluding hydrogens is 436 g/mol. The Balaban J connectivity index is 1.61. The second kappa shape index (κ2) is 9.93. The highest BCUT2D eigenvalue weighted by Gasteiger charge is 2.08. The van der Waals surface area contributed by atoms with E-state index in [-0.39, 0.29) is 12.5 Å². The van der Waals surface area contributed by atoms with Gasteiger partial charge in [-0.05, 0) is 57.9 Å². The van der Waals surface area contributed by atoms with E-state index in [9.17, 15) is 4.79 Å². The topological polar surface area (TPSA) is 69.2 Å². The summed E-state index contributed by atoms with van der Waals surface area (Å²) in [6.07, 6.45) is 1.51. The Labute approximate surface area is 177 Å². The van der Waals surface area contributed by atoms with Crippen molar-refractivity contribution in [3.05, 3.63) is 64.6 Å². The van der Waals surface area contributed by atoms with Gasteiger partial charge in [0.2, 0.25) is 0 Å². The number of hydrogen-bond acceptors (Lipinski definition) is 5. The van der Waals surface area contributed by atoms with Gasteiger partial charge in [-0.3, -0.25) is 4.79 Å². The van der Waals surface area contributed by atoms with Gasteiger partial charge in [0.05, 0.1) is 24.4 Å². The molecule has 29 heavy (non-hydrogen) atoms. The molecule has 0 heterocycles. The standard InChI is InChI=1S/C22H21BrN2O4/c1-3-28-19-11-9-17(27-2)12-16(19)13-24-25-21(26)14-29-20-10-8-15-6-4-5-7-18(15)22(20)23/h4-13H,3,14H2,1-2H3,(H,25,26). The van der Waals surface area contributed by atoms with Gasteiger partial charge in [0, 0.05) is 5.56 Å². The molecule has 0 aliphatic heterocycles. The number of halogens is 1. The smallest absolute Gasteiger partial charge is 0.277 e. The van der Waals surface area contributed by atoms with Crippen molar-refractivity contribution >= 4 is 38.8 Å². The van der Waals surface area contributed by atoms with Crippen molar-refractivity contribution < 1.29 is 19.0 Å². The van der Waals surface area contributed by atoms with Crippen LogP contribution in [0.5, 0.6) is 17.2 Å². The van der Waals surface area contributed by atoms with Gasteiger partial charge < -0.3 is 14.2 Å². The third-order valence-electron chi connectivity index (χ3n) is 4.10. The molecule has 0 fully saturated rings. The van der Waals surface area contributed by atoms with Crippen LogP contribution in [-0.2, 0) is 4.79 Å². The van der Waals surface area contributed by atoms with Gasteiger partial charge in [0.25, 0.3) is 5.91 Å². The molecule has 3 rings (SSSR count). The predicted molar refractivity (Wildman–Crippen MR) is 117 cm³/mol. The highest BCUT2D eigenvalue weighted by molar-refractivity contribution is 9.10. The van der Waals surface area contributed by atoms with Crippen molar-refractivity contribution in [1.82, 2.24) is 5.43 Å². The maximum atomic E-state index is 12.1. The van der Waals surface area contributed by atoms with E-state index in [0.29, 0.717) is 29.4 Å². The molecule has 0 atom stereocenters. The zero-order chi connectivity index (χ0) is 20.6. The van der Waals surface area contributed by atoms with Crippen LogP contribution in [0.25, 0.3) is 10.8 Å². The molecule has 0 saturated carbocycles. The second-order valence-corrected chi connectivity index (χ2v) is 6.81. The summed E-state index contributed by atoms with van der Waals surface area (Å²) in [5.74, 6) is 1.55. The largest absolute Gasteiger partial charge is 0.497 e. The van der Waals surface area contributed by atoms with E-state index in [0.717, 1.165) is 15.2 Å². The molecule has 0 aromatic heterocycles. The molecule has 0 saturated heterocycles. The monoisotopic (exact) mass is 456 g/mol. The van der Waals surface area contributed by atoms with Crippen molar-refractivity contribution in [3.8, 4) is 17.2 Å². The number of ether oxygens (including phenoxy) is 3. The maximum absolute atomic E-state index is 12.1. The van der Waals surface area contributed by atoms with E-state index in [1.54, 1.807) is 25.3 Å². The van der Waals surface area contributed by atoms with Crippen LogP contribution in [0.3, 0.4) is 0 Å². The van der Waals surface area contributed by atoms with Crippen LogP contribution in [0, 0.1) is 0 Å². The Bertz CT molecular complexity index is 1040. The molecule has 3 aromatic carbocycles. The number of nitrogens with zero attached hydrogens (tertiary/aromatic N) is 1. The fourth-order valence-electron chi connectivity index (χ4n) is 2.72. The zero-order valence-corrected chi connectivity index (χ0v) is 17.7. The Morgan fingerprint density at radius 2 is 1.90 bits per heavy atom. The normalized spacial score (nSPS) is 10.9. The average molecular weight is 457 g/mol. The lowest BCUT2D eigenvalue weighted by molar-refractivity contribution is -0.123. The molecule has 0 unspecified atom stereocenters. The van der Waals surface area contributed by atoms with Crippen LogP contribution in [0.15, 0.2) is 64.2 Å². The van der Waals surface area contributed by atoms with Gasteiger partial charge in [-0.2, -0.15) is 5.10 Å². The quantitative estimate of drug-likeness (QED) is 0.399. The Hall–Kier alpha value is -3.06. The van der Waals surface area contributed by atoms with Crippen molar-refractivity contribution in [2.24, 2.45) is 5.10 Å². The lowest BCUT2D eigenvalue weighted by atomic mass is 10.1. The minimum Gasteiger partial charge on any atom is -0.497 e. The number of fused-ring (bicyclic) bond motifs is 1. The van der Waals surface area contributed by atoms with E-state index in [1.165, 1.54) is 6.21 Å². The molecular formula is C22H21BrN2O4. The number of nitrogens with one attached hydrogen (secondary N) is 1. The fraction of sp³-hybridized carbons (Fsp3) is 0.182. The highest BCUT2D eigenvalue weighted by Crippen LogP contribution is 2.32. The lowest BCUT2D eigenvalue weighted by Crippen LogP contribution is -2.24. The van der Waals surface area contributed by atoms with Gasteiger partial charge in [-0.25, -0.2) is 5.43 Å². The summed E-state index contributed by atoms with van der Waals surface area (Å²) < 4.78 is 17.2. The van der Waals surface area contributed by atoms with Crippen LogP contribution >= 0.6 is 15.9 Å². The van der Waals surface area contributed by atoms with Crippen molar-refractivity contribution in [2.45, 2.75) is 6.92 Å². The maximum Gasteiger partial charge on any atom is 0.277 e. The fourth-order valence-corrected chi connectivity index (χ4v) is 3.32. The van der Waals surface area contributed by atoms with Gasteiger partial charge in [0.1, 0.15) is 17.2 Å². The summed E-state index contributed by atoms with van der Waals surface area (Å²) in [6, 6.07) is 17.1. The summed E-state index contributed by atoms with van der Waals surface area (Å²) in [6.45, 7) is 2.26. The van der Waals surface area contributed by atoms with Crippen LogP contribution in [-0.4, -0.2) is 32.4 Å². The van der Waals surface area contributed by atoms with Gasteiger partial charge in [-0.15, -0.1) is 0 Å². The van der Waals surface area contributed by atoms with Crippen molar-refractivity contribution in [2.75, 3.05) is 20.3 Å². The Morgan fingerprint density at radius 1 is 1.10 bits per heavy atom. The molecule has 0 radical (unpaired) electrons. The third-order valence-corrected chi connectivity index (χ3v) is 4.91. The summed E-state index contributed by atoms with van der Waals surface area (Å²) in [4.78, 5) is 12.1. The molecule has 3 aromatic rings. The van der Waals surface area contributed by atoms with E-state index >= 15 is 0 Å². The highest BCUT2D eigenvalue weighted by atomic mass is 79.9. The number of hydrazone groups is 1. The van der Waals surface area contributed by atoms with E-state index in [1.807, 2.05) is 43.3 Å². The molecule has 1 N–H and O–H groups in total. The second-order valence-electron chi connectivity index (χ2n) is 6.02. The Morgan fingerprint density at radius 3 is 2.69 bits per heavy atom. The Kier molecular flexibility index (Phi) is 7.08. The first-order valence-electron chi connectivity index (χ1n) is 9.05. The lowest BCUT2D eigenvalue weighted by Gasteiger charge is -2.10. The van der Waals surface area contributed by atoms with E-state index in [4.69, 9.17) is 14.2 Å². The molecule has 0 aliphatic carbocycles. The molecule has 150 valence electrons. The van der Waals surface area contributed by atoms with Gasteiger partial charge in [-0.1, -0.05) is 30.3 Å². The number of hydrogen-bond donors (Lipinski definition) is 1. The predicted octanol–water partition coefficient (Wildman–Crippen LogP) is 4.54. The van der Waals surface area contributed by atoms with Gasteiger partial charge >= 0.3 is 0 Å². The van der Waals surface area contributed by atoms with E-state index in [2.05, 4.69) is 26.5 Å². The molecule has 0 spiro atoms. The number of methoxy groups -OCH3 is 1. The van der Waals surface area contributed by atoms with Crippen LogP contribution in [0.2, 0.25) is 0 Å². The molecule has 6 nitrogen and oxygen atoms in total. The first-order valence-corrected chi connectivity index (χ1v) is 9.84. The number of rotatable bonds is 8. The summed E-state index contributed by atoms with van der Waals surface area (Å²) in [5, 5.41) is 6.10. The average Bonchev–Trinajstić information content (AvgIpc) is 2.74. The minimum absolute atomic E-state index is 0.162. The van der Waals surface area contributed by atoms with Gasteiger partial charge in [0.15, 0.2) is 6.61 Å². The first-order chi connectivity index (χ1) is 14.1. The summed E-state index contributed by atoms with van der Waals surface area (Å²) in [5.41, 5.74) is 3.16. The minimum atomic E-state index is -0.373. The number of carbonyl (C=O) groups is 1. The van der Waals surface area contributed by atoms with Crippen LogP contribution in [0.4, 0.5) is 0 Å². The SMILES string of the molecule is CCOc1ccc(OC)cc1C=NNC(=O)COc1ccc2ccccc2c1Br. The van der Waals surface area contributed by atoms with Crippen molar-refractivity contribution in [1.29, 1.82) is 0 Å². The molecule has 1 amide bonds. The third kappa shape index (κ3) is 5.26. The van der Waals surface area contributed by atoms with Crippen LogP contribution in [0.1, 0.15) is 12.5 Å². The zero-order valence-electron chi connectivity index (χ0n) is 16.1. The molecule has 0 bridgehead atoms. The molecule has 0 aliphatic rings. The number of carbonyl (C=O) groups excluding carboxylic acids is 1. The number of amides is 1. The number of benzene rings is 3. The molecule has 7 heteroatoms. The summed E-state index contributed by atoms with van der Waals surface area (Å²) in [7, 11) is 1.58. The first kappa shape index (κ1) is 20.7. The van der Waals surface area contributed by atoms with E-state index < -0.39 is 0 Å². The van der Waals surface area contributed by atoms with Crippen LogP contribution < -0.4 is 19.6 Å².